The van der Waals surface area contributed by atoms with E-state index in [-0.39, 0.29) is 28.7 Å². The number of fused-ring (bicyclic) bond motifs is 1. The van der Waals surface area contributed by atoms with Crippen molar-refractivity contribution in [1.29, 1.82) is 0 Å². The summed E-state index contributed by atoms with van der Waals surface area (Å²) in [6.45, 7) is 8.10. The molecular formula is C20H28O5. The van der Waals surface area contributed by atoms with Crippen LogP contribution in [0.1, 0.15) is 75.7 Å². The zero-order valence-electron chi connectivity index (χ0n) is 15.3. The standard InChI is InChI=1S/C20H28O5/c1-9(2)10-8-11-12(14(22)13(10)21)20-7-5-6-19(3,4)17(20)15(23)16(11)25-18(20)24/h8-9,15-18,21-24H,5-7H2,1-4H3. The van der Waals surface area contributed by atoms with Crippen molar-refractivity contribution in [3.63, 3.8) is 0 Å². The van der Waals surface area contributed by atoms with Gasteiger partial charge in [-0.3, -0.25) is 0 Å². The highest BCUT2D eigenvalue weighted by Crippen LogP contribution is 2.67. The second kappa shape index (κ2) is 5.12. The Bertz CT molecular complexity index is 725. The zero-order chi connectivity index (χ0) is 18.3. The smallest absolute Gasteiger partial charge is 0.165 e. The van der Waals surface area contributed by atoms with Gasteiger partial charge in [0.05, 0.1) is 11.5 Å². The van der Waals surface area contributed by atoms with E-state index in [0.29, 0.717) is 23.1 Å². The Morgan fingerprint density at radius 2 is 1.80 bits per heavy atom. The monoisotopic (exact) mass is 348 g/mol. The first-order chi connectivity index (χ1) is 11.6. The van der Waals surface area contributed by atoms with Crippen LogP contribution in [0.25, 0.3) is 0 Å². The van der Waals surface area contributed by atoms with E-state index in [9.17, 15) is 20.4 Å². The fraction of sp³-hybridized carbons (Fsp3) is 0.700. The summed E-state index contributed by atoms with van der Waals surface area (Å²) in [6, 6.07) is 1.84. The third-order valence-corrected chi connectivity index (χ3v) is 6.90. The molecule has 1 saturated heterocycles. The van der Waals surface area contributed by atoms with Crippen molar-refractivity contribution >= 4 is 0 Å². The van der Waals surface area contributed by atoms with Gasteiger partial charge in [0.2, 0.25) is 0 Å². The molecule has 2 heterocycles. The predicted octanol–water partition coefficient (Wildman–Crippen LogP) is 3.05. The maximum atomic E-state index is 11.1. The van der Waals surface area contributed by atoms with Crippen LogP contribution in [0, 0.1) is 11.3 Å². The summed E-state index contributed by atoms with van der Waals surface area (Å²) in [6.07, 6.45) is -0.0799. The maximum absolute atomic E-state index is 11.1. The minimum absolute atomic E-state index is 0.0230. The first kappa shape index (κ1) is 17.1. The van der Waals surface area contributed by atoms with Crippen molar-refractivity contribution in [3.05, 3.63) is 22.8 Å². The Hall–Kier alpha value is -1.30. The van der Waals surface area contributed by atoms with Crippen LogP contribution >= 0.6 is 0 Å². The lowest BCUT2D eigenvalue weighted by atomic mass is 9.46. The molecule has 2 aliphatic heterocycles. The van der Waals surface area contributed by atoms with Gasteiger partial charge >= 0.3 is 0 Å². The molecule has 2 bridgehead atoms. The molecule has 25 heavy (non-hydrogen) atoms. The number of hydrogen-bond acceptors (Lipinski definition) is 5. The van der Waals surface area contributed by atoms with E-state index >= 15 is 0 Å². The van der Waals surface area contributed by atoms with Crippen LogP contribution < -0.4 is 0 Å². The Kier molecular flexibility index (Phi) is 3.51. The van der Waals surface area contributed by atoms with Gasteiger partial charge in [0.1, 0.15) is 6.10 Å². The molecule has 0 amide bonds. The molecule has 4 N–H and O–H groups in total. The highest BCUT2D eigenvalue weighted by molar-refractivity contribution is 5.61. The molecule has 5 atom stereocenters. The van der Waals surface area contributed by atoms with Crippen molar-refractivity contribution in [2.75, 3.05) is 0 Å². The summed E-state index contributed by atoms with van der Waals surface area (Å²) in [4.78, 5) is 0. The largest absolute Gasteiger partial charge is 0.504 e. The van der Waals surface area contributed by atoms with Gasteiger partial charge in [-0.2, -0.15) is 0 Å². The highest BCUT2D eigenvalue weighted by atomic mass is 16.6. The van der Waals surface area contributed by atoms with E-state index in [4.69, 9.17) is 4.74 Å². The number of phenolic OH excluding ortho intramolecular Hbond substituents is 2. The molecule has 5 heteroatoms. The van der Waals surface area contributed by atoms with Gasteiger partial charge < -0.3 is 25.2 Å². The summed E-state index contributed by atoms with van der Waals surface area (Å²) in [5, 5.41) is 43.4. The Labute approximate surface area is 148 Å². The van der Waals surface area contributed by atoms with E-state index in [0.717, 1.165) is 12.8 Å². The van der Waals surface area contributed by atoms with Gasteiger partial charge in [0, 0.05) is 17.0 Å². The molecule has 2 fully saturated rings. The van der Waals surface area contributed by atoms with Gasteiger partial charge in [-0.05, 0) is 35.8 Å². The number of hydrogen-bond donors (Lipinski definition) is 4. The third kappa shape index (κ3) is 1.95. The molecule has 0 aromatic heterocycles. The summed E-state index contributed by atoms with van der Waals surface area (Å²) >= 11 is 0. The van der Waals surface area contributed by atoms with Crippen molar-refractivity contribution in [2.45, 2.75) is 76.8 Å². The Morgan fingerprint density at radius 3 is 2.44 bits per heavy atom. The number of rotatable bonds is 1. The summed E-state index contributed by atoms with van der Waals surface area (Å²) < 4.78 is 5.82. The molecule has 1 spiro atoms. The number of phenols is 2. The van der Waals surface area contributed by atoms with Crippen molar-refractivity contribution in [2.24, 2.45) is 11.3 Å². The molecule has 5 rings (SSSR count). The molecule has 138 valence electrons. The minimum Gasteiger partial charge on any atom is -0.504 e. The highest BCUT2D eigenvalue weighted by Gasteiger charge is 2.67. The zero-order valence-corrected chi connectivity index (χ0v) is 15.3. The molecule has 0 radical (unpaired) electrons. The normalized spacial score (nSPS) is 38.5. The van der Waals surface area contributed by atoms with Crippen molar-refractivity contribution in [1.82, 2.24) is 0 Å². The molecular weight excluding hydrogens is 320 g/mol. The van der Waals surface area contributed by atoms with Crippen molar-refractivity contribution < 1.29 is 25.2 Å². The van der Waals surface area contributed by atoms with E-state index < -0.39 is 23.9 Å². The third-order valence-electron chi connectivity index (χ3n) is 6.90. The van der Waals surface area contributed by atoms with Crippen LogP contribution in [-0.4, -0.2) is 32.8 Å². The van der Waals surface area contributed by atoms with Crippen LogP contribution in [0.5, 0.6) is 11.5 Å². The molecule has 1 aromatic carbocycles. The Balaban J connectivity index is 2.05. The molecule has 1 aromatic rings. The van der Waals surface area contributed by atoms with Crippen LogP contribution in [0.2, 0.25) is 0 Å². The fourth-order valence-corrected chi connectivity index (χ4v) is 5.92. The van der Waals surface area contributed by atoms with E-state index in [2.05, 4.69) is 13.8 Å². The van der Waals surface area contributed by atoms with E-state index in [1.165, 1.54) is 0 Å². The first-order valence-electron chi connectivity index (χ1n) is 9.23. The lowest BCUT2D eigenvalue weighted by Crippen LogP contribution is -2.67. The van der Waals surface area contributed by atoms with Crippen LogP contribution in [0.15, 0.2) is 6.07 Å². The van der Waals surface area contributed by atoms with Crippen LogP contribution in [0.4, 0.5) is 0 Å². The van der Waals surface area contributed by atoms with Crippen LogP contribution in [-0.2, 0) is 10.2 Å². The summed E-state index contributed by atoms with van der Waals surface area (Å²) in [7, 11) is 0. The van der Waals surface area contributed by atoms with Gasteiger partial charge in [-0.15, -0.1) is 0 Å². The first-order valence-corrected chi connectivity index (χ1v) is 9.23. The molecule has 4 aliphatic rings. The predicted molar refractivity (Wildman–Crippen MR) is 92.5 cm³/mol. The van der Waals surface area contributed by atoms with Gasteiger partial charge in [-0.25, -0.2) is 0 Å². The lowest BCUT2D eigenvalue weighted by molar-refractivity contribution is -0.303. The quantitative estimate of drug-likeness (QED) is 0.586. The number of aliphatic hydroxyl groups excluding tert-OH is 2. The number of aromatic hydroxyl groups is 2. The number of ether oxygens (including phenoxy) is 1. The van der Waals surface area contributed by atoms with E-state index in [1.807, 2.05) is 19.9 Å². The van der Waals surface area contributed by atoms with Crippen molar-refractivity contribution in [3.8, 4) is 11.5 Å². The average Bonchev–Trinajstić information content (AvgIpc) is 2.51. The van der Waals surface area contributed by atoms with E-state index in [1.54, 1.807) is 0 Å². The lowest BCUT2D eigenvalue weighted by Gasteiger charge is -2.64. The van der Waals surface area contributed by atoms with Gasteiger partial charge in [0.15, 0.2) is 17.8 Å². The number of benzene rings is 1. The van der Waals surface area contributed by atoms with Crippen LogP contribution in [0.3, 0.4) is 0 Å². The average molecular weight is 348 g/mol. The summed E-state index contributed by atoms with van der Waals surface area (Å²) in [5.41, 5.74) is 0.850. The Morgan fingerprint density at radius 1 is 1.12 bits per heavy atom. The summed E-state index contributed by atoms with van der Waals surface area (Å²) in [5.74, 6) is -0.470. The maximum Gasteiger partial charge on any atom is 0.165 e. The molecule has 5 nitrogen and oxygen atoms in total. The molecule has 5 unspecified atom stereocenters. The second-order valence-corrected chi connectivity index (χ2v) is 9.04. The molecule has 1 saturated carbocycles. The van der Waals surface area contributed by atoms with Gasteiger partial charge in [0.25, 0.3) is 0 Å². The fourth-order valence-electron chi connectivity index (χ4n) is 5.92. The molecule has 2 aliphatic carbocycles. The topological polar surface area (TPSA) is 90.2 Å². The minimum atomic E-state index is -1.09. The SMILES string of the molecule is CC(C)c1cc2c(c(O)c1O)C13CCCC(C)(C)C1C(O)C2OC3O. The second-order valence-electron chi connectivity index (χ2n) is 9.04. The van der Waals surface area contributed by atoms with Gasteiger partial charge in [-0.1, -0.05) is 34.1 Å². The number of aliphatic hydroxyl groups is 2.